The van der Waals surface area contributed by atoms with E-state index in [9.17, 15) is 5.11 Å². The van der Waals surface area contributed by atoms with Gasteiger partial charge in [-0.1, -0.05) is 24.3 Å². The van der Waals surface area contributed by atoms with Gasteiger partial charge in [0.2, 0.25) is 0 Å². The second kappa shape index (κ2) is 6.16. The maximum atomic E-state index is 10.4. The lowest BCUT2D eigenvalue weighted by atomic mass is 9.98. The number of benzene rings is 1. The van der Waals surface area contributed by atoms with E-state index in [1.54, 1.807) is 17.5 Å². The predicted octanol–water partition coefficient (Wildman–Crippen LogP) is 4.35. The summed E-state index contributed by atoms with van der Waals surface area (Å²) in [5.74, 6) is 0. The van der Waals surface area contributed by atoms with Crippen LogP contribution in [0.25, 0.3) is 10.8 Å². The average Bonchev–Trinajstić information content (AvgIpc) is 3.00. The summed E-state index contributed by atoms with van der Waals surface area (Å²) in [4.78, 5) is 5.52. The third-order valence-electron chi connectivity index (χ3n) is 3.55. The lowest BCUT2D eigenvalue weighted by molar-refractivity contribution is 0.166. The van der Waals surface area contributed by atoms with Crippen molar-refractivity contribution in [3.63, 3.8) is 0 Å². The summed E-state index contributed by atoms with van der Waals surface area (Å²) >= 11 is 1.78. The zero-order valence-corrected chi connectivity index (χ0v) is 12.0. The molecule has 3 rings (SSSR count). The van der Waals surface area contributed by atoms with E-state index in [-0.39, 0.29) is 0 Å². The molecule has 1 aromatic carbocycles. The van der Waals surface area contributed by atoms with E-state index in [1.165, 1.54) is 4.88 Å². The van der Waals surface area contributed by atoms with Crippen LogP contribution in [0.3, 0.4) is 0 Å². The van der Waals surface area contributed by atoms with Gasteiger partial charge in [0.05, 0.1) is 6.10 Å². The number of hydrogen-bond donors (Lipinski definition) is 1. The first kappa shape index (κ1) is 13.3. The Morgan fingerprint density at radius 1 is 1.15 bits per heavy atom. The molecule has 2 aromatic heterocycles. The smallest absolute Gasteiger partial charge is 0.0796 e. The van der Waals surface area contributed by atoms with Crippen molar-refractivity contribution in [3.05, 3.63) is 64.6 Å². The zero-order chi connectivity index (χ0) is 13.8. The summed E-state index contributed by atoms with van der Waals surface area (Å²) in [5, 5.41) is 14.7. The van der Waals surface area contributed by atoms with Gasteiger partial charge in [-0.2, -0.15) is 0 Å². The summed E-state index contributed by atoms with van der Waals surface area (Å²) < 4.78 is 0. The number of aliphatic hydroxyl groups excluding tert-OH is 1. The second-order valence-corrected chi connectivity index (χ2v) is 5.96. The Hall–Kier alpha value is -1.71. The number of aryl methyl sites for hydroxylation is 1. The minimum atomic E-state index is -0.402. The summed E-state index contributed by atoms with van der Waals surface area (Å²) in [6.45, 7) is 0. The van der Waals surface area contributed by atoms with Crippen LogP contribution >= 0.6 is 11.3 Å². The number of aliphatic hydroxyl groups is 1. The minimum Gasteiger partial charge on any atom is -0.388 e. The lowest BCUT2D eigenvalue weighted by Crippen LogP contribution is -1.99. The van der Waals surface area contributed by atoms with Gasteiger partial charge in [-0.25, -0.2) is 0 Å². The number of pyridine rings is 1. The first-order valence-corrected chi connectivity index (χ1v) is 7.75. The first-order valence-electron chi connectivity index (χ1n) is 6.87. The van der Waals surface area contributed by atoms with Gasteiger partial charge in [-0.05, 0) is 47.7 Å². The van der Waals surface area contributed by atoms with Crippen molar-refractivity contribution in [2.75, 3.05) is 0 Å². The molecule has 2 nitrogen and oxygen atoms in total. The van der Waals surface area contributed by atoms with Crippen molar-refractivity contribution >= 4 is 22.1 Å². The van der Waals surface area contributed by atoms with Gasteiger partial charge < -0.3 is 5.11 Å². The molecule has 0 amide bonds. The standard InChI is InChI=1S/C17H17NOS/c19-17(8-2-5-14-6-3-11-20-14)16-7-1-4-13-12-18-10-9-15(13)16/h1,3-4,6-7,9-12,17,19H,2,5,8H2. The molecule has 0 aliphatic rings. The van der Waals surface area contributed by atoms with Gasteiger partial charge >= 0.3 is 0 Å². The maximum Gasteiger partial charge on any atom is 0.0796 e. The molecule has 1 N–H and O–H groups in total. The Bertz CT molecular complexity index is 673. The number of thiophene rings is 1. The van der Waals surface area contributed by atoms with Crippen molar-refractivity contribution in [1.82, 2.24) is 4.98 Å². The first-order chi connectivity index (χ1) is 9.84. The van der Waals surface area contributed by atoms with Crippen molar-refractivity contribution in [1.29, 1.82) is 0 Å². The molecule has 1 unspecified atom stereocenters. The van der Waals surface area contributed by atoms with Gasteiger partial charge in [-0.15, -0.1) is 11.3 Å². The number of fused-ring (bicyclic) bond motifs is 1. The normalized spacial score (nSPS) is 12.7. The summed E-state index contributed by atoms with van der Waals surface area (Å²) in [6.07, 6.45) is 6.06. The number of nitrogens with zero attached hydrogens (tertiary/aromatic N) is 1. The number of aromatic nitrogens is 1. The highest BCUT2D eigenvalue weighted by Gasteiger charge is 2.11. The van der Waals surface area contributed by atoms with Crippen LogP contribution in [-0.2, 0) is 6.42 Å². The molecule has 3 heteroatoms. The molecule has 0 bridgehead atoms. The van der Waals surface area contributed by atoms with Crippen LogP contribution in [0, 0.1) is 0 Å². The molecule has 0 saturated carbocycles. The fourth-order valence-corrected chi connectivity index (χ4v) is 3.27. The summed E-state index contributed by atoms with van der Waals surface area (Å²) in [7, 11) is 0. The molecule has 0 fully saturated rings. The van der Waals surface area contributed by atoms with Crippen LogP contribution in [-0.4, -0.2) is 10.1 Å². The topological polar surface area (TPSA) is 33.1 Å². The van der Waals surface area contributed by atoms with E-state index in [2.05, 4.69) is 22.5 Å². The van der Waals surface area contributed by atoms with E-state index >= 15 is 0 Å². The molecule has 0 spiro atoms. The molecule has 1 atom stereocenters. The molecule has 3 aromatic rings. The van der Waals surface area contributed by atoms with E-state index < -0.39 is 6.10 Å². The molecule has 20 heavy (non-hydrogen) atoms. The van der Waals surface area contributed by atoms with Gasteiger partial charge in [0.25, 0.3) is 0 Å². The summed E-state index contributed by atoms with van der Waals surface area (Å²) in [5.41, 5.74) is 1.01. The fourth-order valence-electron chi connectivity index (χ4n) is 2.52. The molecule has 102 valence electrons. The largest absolute Gasteiger partial charge is 0.388 e. The van der Waals surface area contributed by atoms with Crippen LogP contribution in [0.5, 0.6) is 0 Å². The molecule has 0 radical (unpaired) electrons. The second-order valence-electron chi connectivity index (χ2n) is 4.93. The summed E-state index contributed by atoms with van der Waals surface area (Å²) in [6, 6.07) is 12.2. The van der Waals surface area contributed by atoms with Crippen molar-refractivity contribution in [3.8, 4) is 0 Å². The third kappa shape index (κ3) is 2.89. The van der Waals surface area contributed by atoms with Gasteiger partial charge in [-0.3, -0.25) is 4.98 Å². The van der Waals surface area contributed by atoms with Crippen LogP contribution < -0.4 is 0 Å². The molecular formula is C17H17NOS. The highest BCUT2D eigenvalue weighted by Crippen LogP contribution is 2.27. The average molecular weight is 283 g/mol. The van der Waals surface area contributed by atoms with E-state index in [0.717, 1.165) is 35.6 Å². The Kier molecular flexibility index (Phi) is 4.09. The molecule has 0 saturated heterocycles. The Morgan fingerprint density at radius 3 is 2.95 bits per heavy atom. The Balaban J connectivity index is 1.70. The quantitative estimate of drug-likeness (QED) is 0.755. The number of rotatable bonds is 5. The molecule has 2 heterocycles. The fraction of sp³-hybridized carbons (Fsp3) is 0.235. The highest BCUT2D eigenvalue weighted by atomic mass is 32.1. The van der Waals surface area contributed by atoms with E-state index in [0.29, 0.717) is 0 Å². The van der Waals surface area contributed by atoms with Gasteiger partial charge in [0.1, 0.15) is 0 Å². The maximum absolute atomic E-state index is 10.4. The third-order valence-corrected chi connectivity index (χ3v) is 4.49. The molecular weight excluding hydrogens is 266 g/mol. The van der Waals surface area contributed by atoms with Gasteiger partial charge in [0.15, 0.2) is 0 Å². The van der Waals surface area contributed by atoms with Crippen molar-refractivity contribution < 1.29 is 5.11 Å². The van der Waals surface area contributed by atoms with Crippen molar-refractivity contribution in [2.24, 2.45) is 0 Å². The highest BCUT2D eigenvalue weighted by molar-refractivity contribution is 7.09. The van der Waals surface area contributed by atoms with Crippen LogP contribution in [0.15, 0.2) is 54.2 Å². The van der Waals surface area contributed by atoms with E-state index in [4.69, 9.17) is 0 Å². The van der Waals surface area contributed by atoms with Gasteiger partial charge in [0, 0.05) is 22.7 Å². The minimum absolute atomic E-state index is 0.402. The molecule has 0 aliphatic heterocycles. The zero-order valence-electron chi connectivity index (χ0n) is 11.2. The monoisotopic (exact) mass is 283 g/mol. The van der Waals surface area contributed by atoms with E-state index in [1.807, 2.05) is 30.5 Å². The lowest BCUT2D eigenvalue weighted by Gasteiger charge is -2.13. The SMILES string of the molecule is OC(CCCc1cccs1)c1cccc2cnccc12. The Morgan fingerprint density at radius 2 is 2.10 bits per heavy atom. The molecule has 0 aliphatic carbocycles. The van der Waals surface area contributed by atoms with Crippen LogP contribution in [0.1, 0.15) is 29.4 Å². The van der Waals surface area contributed by atoms with Crippen LogP contribution in [0.4, 0.5) is 0 Å². The van der Waals surface area contributed by atoms with Crippen molar-refractivity contribution in [2.45, 2.75) is 25.4 Å². The number of hydrogen-bond acceptors (Lipinski definition) is 3. The Labute approximate surface area is 122 Å². The predicted molar refractivity (Wildman–Crippen MR) is 84.0 cm³/mol. The van der Waals surface area contributed by atoms with Crippen LogP contribution in [0.2, 0.25) is 0 Å².